The van der Waals surface area contributed by atoms with Crippen LogP contribution in [0.2, 0.25) is 0 Å². The molecule has 0 fully saturated rings. The van der Waals surface area contributed by atoms with Crippen LogP contribution in [0, 0.1) is 0 Å². The number of H-pyrrole nitrogens is 2. The second-order valence-corrected chi connectivity index (χ2v) is 7.08. The fraction of sp³-hybridized carbons (Fsp3) is 0.286. The van der Waals surface area contributed by atoms with Crippen LogP contribution in [-0.4, -0.2) is 42.6 Å². The minimum Gasteiger partial charge on any atom is -0.492 e. The number of aromatic nitrogens is 2. The van der Waals surface area contributed by atoms with Gasteiger partial charge in [0.25, 0.3) is 5.56 Å². The van der Waals surface area contributed by atoms with Crippen LogP contribution in [0.15, 0.2) is 41.2 Å². The Bertz CT molecular complexity index is 1090. The maximum absolute atomic E-state index is 12.9. The van der Waals surface area contributed by atoms with E-state index >= 15 is 0 Å². The summed E-state index contributed by atoms with van der Waals surface area (Å²) >= 11 is 0. The molecule has 0 saturated carbocycles. The zero-order valence-corrected chi connectivity index (χ0v) is 15.7. The van der Waals surface area contributed by atoms with Crippen LogP contribution in [0.4, 0.5) is 0 Å². The van der Waals surface area contributed by atoms with Crippen molar-refractivity contribution in [2.75, 3.05) is 27.5 Å². The SMILES string of the molecule is COc1c2c(cc3c1[C@@H](c1c(-c4ccccc4)[nH][nH]c1=O)N(C)CC3)OCO2. The van der Waals surface area contributed by atoms with Crippen LogP contribution in [0.1, 0.15) is 22.7 Å². The lowest BCUT2D eigenvalue weighted by Crippen LogP contribution is -2.35. The third-order valence-corrected chi connectivity index (χ3v) is 5.55. The molecule has 3 aromatic rings. The lowest BCUT2D eigenvalue weighted by molar-refractivity contribution is 0.171. The maximum Gasteiger partial charge on any atom is 0.269 e. The zero-order chi connectivity index (χ0) is 19.3. The number of hydrogen-bond acceptors (Lipinski definition) is 5. The van der Waals surface area contributed by atoms with Gasteiger partial charge in [0.1, 0.15) is 0 Å². The summed E-state index contributed by atoms with van der Waals surface area (Å²) in [5.41, 5.74) is 4.35. The van der Waals surface area contributed by atoms with Crippen molar-refractivity contribution in [1.29, 1.82) is 0 Å². The normalized spacial score (nSPS) is 18.1. The molecule has 1 aromatic heterocycles. The number of hydrogen-bond donors (Lipinski definition) is 2. The largest absolute Gasteiger partial charge is 0.492 e. The molecule has 2 N–H and O–H groups in total. The number of rotatable bonds is 3. The third kappa shape index (κ3) is 2.43. The van der Waals surface area contributed by atoms with E-state index < -0.39 is 0 Å². The number of methoxy groups -OCH3 is 1. The van der Waals surface area contributed by atoms with Gasteiger partial charge in [-0.15, -0.1) is 0 Å². The predicted molar refractivity (Wildman–Crippen MR) is 104 cm³/mol. The van der Waals surface area contributed by atoms with E-state index in [0.29, 0.717) is 22.8 Å². The van der Waals surface area contributed by atoms with Crippen molar-refractivity contribution in [2.45, 2.75) is 12.5 Å². The molecule has 2 aromatic carbocycles. The molecule has 1 atom stereocenters. The van der Waals surface area contributed by atoms with Gasteiger partial charge < -0.3 is 14.2 Å². The van der Waals surface area contributed by atoms with Crippen molar-refractivity contribution < 1.29 is 14.2 Å². The second kappa shape index (κ2) is 6.45. The van der Waals surface area contributed by atoms with Gasteiger partial charge in [-0.05, 0) is 30.7 Å². The van der Waals surface area contributed by atoms with Gasteiger partial charge in [-0.3, -0.25) is 19.9 Å². The Morgan fingerprint density at radius 2 is 1.96 bits per heavy atom. The van der Waals surface area contributed by atoms with Gasteiger partial charge in [0.2, 0.25) is 12.5 Å². The smallest absolute Gasteiger partial charge is 0.269 e. The van der Waals surface area contributed by atoms with Gasteiger partial charge in [-0.1, -0.05) is 30.3 Å². The summed E-state index contributed by atoms with van der Waals surface area (Å²) in [7, 11) is 3.65. The first-order chi connectivity index (χ1) is 13.7. The fourth-order valence-corrected chi connectivity index (χ4v) is 4.26. The molecule has 0 unspecified atom stereocenters. The molecule has 0 saturated heterocycles. The second-order valence-electron chi connectivity index (χ2n) is 7.08. The number of nitrogens with one attached hydrogen (secondary N) is 2. The van der Waals surface area contributed by atoms with E-state index in [1.54, 1.807) is 7.11 Å². The molecule has 0 bridgehead atoms. The molecular weight excluding hydrogens is 358 g/mol. The summed E-state index contributed by atoms with van der Waals surface area (Å²) in [5, 5.41) is 5.84. The van der Waals surface area contributed by atoms with E-state index in [-0.39, 0.29) is 18.4 Å². The van der Waals surface area contributed by atoms with E-state index in [9.17, 15) is 4.79 Å². The Kier molecular flexibility index (Phi) is 3.91. The monoisotopic (exact) mass is 379 g/mol. The average Bonchev–Trinajstić information content (AvgIpc) is 3.33. The first-order valence-corrected chi connectivity index (χ1v) is 9.24. The Balaban J connectivity index is 1.76. The van der Waals surface area contributed by atoms with Crippen molar-refractivity contribution in [2.24, 2.45) is 0 Å². The van der Waals surface area contributed by atoms with Gasteiger partial charge in [0, 0.05) is 12.1 Å². The van der Waals surface area contributed by atoms with Crippen molar-refractivity contribution in [3.8, 4) is 28.5 Å². The van der Waals surface area contributed by atoms with Gasteiger partial charge in [0.15, 0.2) is 11.5 Å². The first-order valence-electron chi connectivity index (χ1n) is 9.24. The highest BCUT2D eigenvalue weighted by Crippen LogP contribution is 2.51. The maximum atomic E-state index is 12.9. The Morgan fingerprint density at radius 3 is 2.75 bits per heavy atom. The molecule has 2 aliphatic rings. The highest BCUT2D eigenvalue weighted by molar-refractivity contribution is 5.68. The first kappa shape index (κ1) is 16.9. The molecule has 0 spiro atoms. The summed E-state index contributed by atoms with van der Waals surface area (Å²) in [6.07, 6.45) is 0.846. The molecular formula is C21H21N3O4. The molecule has 7 nitrogen and oxygen atoms in total. The minimum absolute atomic E-state index is 0.136. The molecule has 7 heteroatoms. The number of fused-ring (bicyclic) bond motifs is 2. The van der Waals surface area contributed by atoms with Crippen LogP contribution in [-0.2, 0) is 6.42 Å². The van der Waals surface area contributed by atoms with E-state index in [2.05, 4.69) is 15.1 Å². The fourth-order valence-electron chi connectivity index (χ4n) is 4.26. The van der Waals surface area contributed by atoms with Crippen molar-refractivity contribution in [1.82, 2.24) is 15.1 Å². The van der Waals surface area contributed by atoms with Crippen molar-refractivity contribution >= 4 is 0 Å². The number of nitrogens with zero attached hydrogens (tertiary/aromatic N) is 1. The molecule has 2 aliphatic heterocycles. The standard InChI is InChI=1S/C21H21N3O4/c1-24-9-8-13-10-14-19(28-11-27-14)20(26-2)15(13)18(24)16-17(22-23-21(16)25)12-6-4-3-5-7-12/h3-7,10,18H,8-9,11H2,1-2H3,(H2,22,23,25)/t18-/m0/s1. The van der Waals surface area contributed by atoms with Crippen LogP contribution >= 0.6 is 0 Å². The van der Waals surface area contributed by atoms with Crippen LogP contribution < -0.4 is 19.8 Å². The summed E-state index contributed by atoms with van der Waals surface area (Å²) in [6, 6.07) is 11.6. The van der Waals surface area contributed by atoms with Crippen LogP contribution in [0.5, 0.6) is 17.2 Å². The van der Waals surface area contributed by atoms with Crippen LogP contribution in [0.3, 0.4) is 0 Å². The van der Waals surface area contributed by atoms with Gasteiger partial charge in [-0.25, -0.2) is 0 Å². The molecule has 144 valence electrons. The molecule has 0 aliphatic carbocycles. The summed E-state index contributed by atoms with van der Waals surface area (Å²) in [5.74, 6) is 1.95. The summed E-state index contributed by atoms with van der Waals surface area (Å²) in [4.78, 5) is 15.1. The Morgan fingerprint density at radius 1 is 1.14 bits per heavy atom. The Hall–Kier alpha value is -3.19. The van der Waals surface area contributed by atoms with E-state index in [1.165, 1.54) is 0 Å². The number of likely N-dealkylation sites (N-methyl/N-ethyl adjacent to an activating group) is 1. The van der Waals surface area contributed by atoms with Crippen molar-refractivity contribution in [3.05, 3.63) is 63.4 Å². The molecule has 3 heterocycles. The predicted octanol–water partition coefficient (Wildman–Crippen LogP) is 2.68. The third-order valence-electron chi connectivity index (χ3n) is 5.55. The topological polar surface area (TPSA) is 79.6 Å². The quantitative estimate of drug-likeness (QED) is 0.731. The highest BCUT2D eigenvalue weighted by Gasteiger charge is 2.37. The Labute approximate surface area is 161 Å². The number of ether oxygens (including phenoxy) is 3. The van der Waals surface area contributed by atoms with E-state index in [4.69, 9.17) is 14.2 Å². The van der Waals surface area contributed by atoms with E-state index in [0.717, 1.165) is 35.3 Å². The summed E-state index contributed by atoms with van der Waals surface area (Å²) < 4.78 is 17.0. The molecule has 0 radical (unpaired) electrons. The molecule has 5 rings (SSSR count). The zero-order valence-electron chi connectivity index (χ0n) is 15.7. The highest BCUT2D eigenvalue weighted by atomic mass is 16.7. The van der Waals surface area contributed by atoms with Gasteiger partial charge in [0.05, 0.1) is 24.4 Å². The molecule has 28 heavy (non-hydrogen) atoms. The average molecular weight is 379 g/mol. The summed E-state index contributed by atoms with van der Waals surface area (Å²) in [6.45, 7) is 0.994. The van der Waals surface area contributed by atoms with E-state index in [1.807, 2.05) is 43.4 Å². The lowest BCUT2D eigenvalue weighted by atomic mass is 9.86. The van der Waals surface area contributed by atoms with Gasteiger partial charge >= 0.3 is 0 Å². The minimum atomic E-state index is -0.265. The number of benzene rings is 2. The number of aromatic amines is 2. The lowest BCUT2D eigenvalue weighted by Gasteiger charge is -2.35. The van der Waals surface area contributed by atoms with Crippen molar-refractivity contribution in [3.63, 3.8) is 0 Å². The molecule has 0 amide bonds. The van der Waals surface area contributed by atoms with Gasteiger partial charge in [-0.2, -0.15) is 0 Å². The van der Waals surface area contributed by atoms with Crippen LogP contribution in [0.25, 0.3) is 11.3 Å².